The topological polar surface area (TPSA) is 109 Å². The van der Waals surface area contributed by atoms with Crippen molar-refractivity contribution >= 4 is 28.9 Å². The van der Waals surface area contributed by atoms with Crippen LogP contribution in [0, 0.1) is 0 Å². The van der Waals surface area contributed by atoms with Crippen LogP contribution >= 0.6 is 11.6 Å². The number of alkyl halides is 2. The molecule has 1 aliphatic heterocycles. The third-order valence-corrected chi connectivity index (χ3v) is 4.81. The molecular weight excluding hydrogens is 418 g/mol. The minimum atomic E-state index is -2.82. The van der Waals surface area contributed by atoms with Crippen molar-refractivity contribution in [3.05, 3.63) is 34.9 Å². The Morgan fingerprint density at radius 3 is 2.67 bits per heavy atom. The molecule has 1 fully saturated rings. The average Bonchev–Trinajstić information content (AvgIpc) is 3.04. The van der Waals surface area contributed by atoms with Crippen molar-refractivity contribution in [1.82, 2.24) is 9.97 Å². The van der Waals surface area contributed by atoms with Crippen molar-refractivity contribution in [3.63, 3.8) is 0 Å². The zero-order chi connectivity index (χ0) is 21.9. The maximum absolute atomic E-state index is 13.8. The van der Waals surface area contributed by atoms with Gasteiger partial charge in [-0.1, -0.05) is 29.8 Å². The highest BCUT2D eigenvalue weighted by atomic mass is 35.5. The molecule has 0 radical (unpaired) electrons. The van der Waals surface area contributed by atoms with Crippen LogP contribution < -0.4 is 26.2 Å². The number of halogens is 3. The van der Waals surface area contributed by atoms with E-state index in [1.54, 1.807) is 19.9 Å². The van der Waals surface area contributed by atoms with Crippen molar-refractivity contribution in [2.45, 2.75) is 38.3 Å². The smallest absolute Gasteiger partial charge is 0.320 e. The Hall–Kier alpha value is -2.43. The molecule has 1 aromatic carbocycles. The number of hydrogen-bond acceptors (Lipinski definition) is 8. The van der Waals surface area contributed by atoms with Gasteiger partial charge in [0, 0.05) is 24.5 Å². The second kappa shape index (κ2) is 8.75. The third-order valence-electron chi connectivity index (χ3n) is 4.44. The second-order valence-electron chi connectivity index (χ2n) is 7.77. The SMILES string of the molecule is CC(C)(O)COc1nc(NCc2ccccc2Cl)c(NN)c(N2CCC(F)(F)C2)n1. The number of anilines is 3. The van der Waals surface area contributed by atoms with Gasteiger partial charge in [-0.2, -0.15) is 9.97 Å². The van der Waals surface area contributed by atoms with E-state index in [1.165, 1.54) is 4.90 Å². The lowest BCUT2D eigenvalue weighted by atomic mass is 10.2. The maximum Gasteiger partial charge on any atom is 0.320 e. The summed E-state index contributed by atoms with van der Waals surface area (Å²) in [5, 5.41) is 13.6. The molecule has 0 unspecified atom stereocenters. The van der Waals surface area contributed by atoms with Crippen LogP contribution in [-0.4, -0.2) is 46.3 Å². The molecule has 0 saturated carbocycles. The first-order chi connectivity index (χ1) is 14.1. The van der Waals surface area contributed by atoms with Crippen molar-refractivity contribution in [2.75, 3.05) is 35.3 Å². The summed E-state index contributed by atoms with van der Waals surface area (Å²) in [6.07, 6.45) is -0.288. The van der Waals surface area contributed by atoms with Crippen LogP contribution in [0.3, 0.4) is 0 Å². The molecule has 0 spiro atoms. The van der Waals surface area contributed by atoms with Gasteiger partial charge in [-0.15, -0.1) is 0 Å². The average molecular weight is 443 g/mol. The Bertz CT molecular complexity index is 894. The van der Waals surface area contributed by atoms with E-state index >= 15 is 0 Å². The van der Waals surface area contributed by atoms with Crippen molar-refractivity contribution in [3.8, 4) is 6.01 Å². The minimum Gasteiger partial charge on any atom is -0.460 e. The van der Waals surface area contributed by atoms with Gasteiger partial charge in [-0.05, 0) is 25.5 Å². The first-order valence-corrected chi connectivity index (χ1v) is 9.80. The Labute approximate surface area is 178 Å². The molecule has 8 nitrogen and oxygen atoms in total. The van der Waals surface area contributed by atoms with Gasteiger partial charge in [0.2, 0.25) is 0 Å². The Morgan fingerprint density at radius 2 is 2.07 bits per heavy atom. The van der Waals surface area contributed by atoms with Gasteiger partial charge in [0.15, 0.2) is 11.6 Å². The lowest BCUT2D eigenvalue weighted by Gasteiger charge is -2.24. The quantitative estimate of drug-likeness (QED) is 0.365. The predicted molar refractivity (Wildman–Crippen MR) is 112 cm³/mol. The molecule has 1 aromatic heterocycles. The van der Waals surface area contributed by atoms with Crippen LogP contribution in [0.25, 0.3) is 0 Å². The number of ether oxygens (including phenoxy) is 1. The predicted octanol–water partition coefficient (Wildman–Crippen LogP) is 3.02. The Kier molecular flexibility index (Phi) is 6.49. The molecule has 3 rings (SSSR count). The van der Waals surface area contributed by atoms with E-state index in [0.29, 0.717) is 11.6 Å². The van der Waals surface area contributed by atoms with Crippen LogP contribution in [0.1, 0.15) is 25.8 Å². The molecule has 0 atom stereocenters. The largest absolute Gasteiger partial charge is 0.460 e. The van der Waals surface area contributed by atoms with Crippen LogP contribution in [-0.2, 0) is 6.54 Å². The highest BCUT2D eigenvalue weighted by molar-refractivity contribution is 6.31. The molecule has 30 heavy (non-hydrogen) atoms. The number of nitrogens with one attached hydrogen (secondary N) is 2. The molecule has 0 amide bonds. The molecule has 1 aliphatic rings. The van der Waals surface area contributed by atoms with Crippen molar-refractivity contribution in [1.29, 1.82) is 0 Å². The number of nitrogen functional groups attached to an aromatic ring is 1. The Morgan fingerprint density at radius 1 is 1.33 bits per heavy atom. The Balaban J connectivity index is 1.93. The molecule has 2 heterocycles. The summed E-state index contributed by atoms with van der Waals surface area (Å²) in [6.45, 7) is 2.98. The summed E-state index contributed by atoms with van der Waals surface area (Å²) >= 11 is 6.20. The third kappa shape index (κ3) is 5.59. The number of benzene rings is 1. The fraction of sp³-hybridized carbons (Fsp3) is 0.474. The zero-order valence-corrected chi connectivity index (χ0v) is 17.5. The number of nitrogens with two attached hydrogens (primary N) is 1. The molecule has 1 saturated heterocycles. The van der Waals surface area contributed by atoms with Gasteiger partial charge in [-0.25, -0.2) is 8.78 Å². The van der Waals surface area contributed by atoms with E-state index in [9.17, 15) is 13.9 Å². The summed E-state index contributed by atoms with van der Waals surface area (Å²) in [5.41, 5.74) is 2.46. The minimum absolute atomic E-state index is 0.0667. The summed E-state index contributed by atoms with van der Waals surface area (Å²) in [4.78, 5) is 10.00. The standard InChI is InChI=1S/C19H25ClF2N6O2/c1-18(2,29)11-30-17-25-15(24-9-12-5-3-4-6-13(12)20)14(27-23)16(26-17)28-8-7-19(21,22)10-28/h3-6,27,29H,7-11,23H2,1-2H3,(H,24,25,26). The highest BCUT2D eigenvalue weighted by Crippen LogP contribution is 2.37. The lowest BCUT2D eigenvalue weighted by molar-refractivity contribution is 0.0250. The van der Waals surface area contributed by atoms with Gasteiger partial charge in [-0.3, -0.25) is 5.84 Å². The lowest BCUT2D eigenvalue weighted by Crippen LogP contribution is -2.30. The molecule has 5 N–H and O–H groups in total. The number of aliphatic hydroxyl groups is 1. The van der Waals surface area contributed by atoms with Crippen LogP contribution in [0.15, 0.2) is 24.3 Å². The monoisotopic (exact) mass is 442 g/mol. The number of hydrogen-bond donors (Lipinski definition) is 4. The van der Waals surface area contributed by atoms with E-state index in [1.807, 2.05) is 18.2 Å². The van der Waals surface area contributed by atoms with Gasteiger partial charge in [0.25, 0.3) is 5.92 Å². The number of hydrazine groups is 1. The van der Waals surface area contributed by atoms with E-state index < -0.39 is 18.1 Å². The fourth-order valence-electron chi connectivity index (χ4n) is 2.96. The number of aromatic nitrogens is 2. The first-order valence-electron chi connectivity index (χ1n) is 9.42. The highest BCUT2D eigenvalue weighted by Gasteiger charge is 2.40. The van der Waals surface area contributed by atoms with Gasteiger partial charge >= 0.3 is 6.01 Å². The summed E-state index contributed by atoms with van der Waals surface area (Å²) < 4.78 is 33.1. The van der Waals surface area contributed by atoms with E-state index in [0.717, 1.165) is 5.56 Å². The molecule has 2 aromatic rings. The van der Waals surface area contributed by atoms with E-state index in [2.05, 4.69) is 20.7 Å². The van der Waals surface area contributed by atoms with Crippen LogP contribution in [0.4, 0.5) is 26.1 Å². The van der Waals surface area contributed by atoms with Crippen LogP contribution in [0.5, 0.6) is 6.01 Å². The van der Waals surface area contributed by atoms with E-state index in [4.69, 9.17) is 22.2 Å². The molecule has 164 valence electrons. The first kappa shape index (κ1) is 22.3. The number of nitrogens with zero attached hydrogens (tertiary/aromatic N) is 3. The summed E-state index contributed by atoms with van der Waals surface area (Å²) in [6, 6.07) is 7.21. The zero-order valence-electron chi connectivity index (χ0n) is 16.8. The van der Waals surface area contributed by atoms with Gasteiger partial charge < -0.3 is 25.5 Å². The second-order valence-corrected chi connectivity index (χ2v) is 8.18. The molecular formula is C19H25ClF2N6O2. The summed E-state index contributed by atoms with van der Waals surface area (Å²) in [5.74, 6) is 3.32. The molecule has 0 aliphatic carbocycles. The summed E-state index contributed by atoms with van der Waals surface area (Å²) in [7, 11) is 0. The van der Waals surface area contributed by atoms with E-state index in [-0.39, 0.29) is 42.9 Å². The van der Waals surface area contributed by atoms with Crippen molar-refractivity contribution < 1.29 is 18.6 Å². The molecule has 11 heteroatoms. The fourth-order valence-corrected chi connectivity index (χ4v) is 3.16. The van der Waals surface area contributed by atoms with Crippen LogP contribution in [0.2, 0.25) is 5.02 Å². The van der Waals surface area contributed by atoms with Gasteiger partial charge in [0.05, 0.1) is 12.1 Å². The normalized spacial score (nSPS) is 15.9. The van der Waals surface area contributed by atoms with Crippen molar-refractivity contribution in [2.24, 2.45) is 5.84 Å². The maximum atomic E-state index is 13.8. The number of rotatable bonds is 8. The molecule has 0 bridgehead atoms. The van der Waals surface area contributed by atoms with Gasteiger partial charge in [0.1, 0.15) is 12.3 Å².